The van der Waals surface area contributed by atoms with Gasteiger partial charge in [-0.1, -0.05) is 12.1 Å². The third kappa shape index (κ3) is 5.74. The Bertz CT molecular complexity index is 570. The predicted molar refractivity (Wildman–Crippen MR) is 83.1 cm³/mol. The van der Waals surface area contributed by atoms with Gasteiger partial charge in [0.2, 0.25) is 11.8 Å². The van der Waals surface area contributed by atoms with Crippen molar-refractivity contribution >= 4 is 29.0 Å². The molecule has 5 nitrogen and oxygen atoms in total. The minimum atomic E-state index is -0.160. The first-order valence-electron chi connectivity index (χ1n) is 6.74. The number of aromatic nitrogens is 1. The molecule has 0 spiro atoms. The van der Waals surface area contributed by atoms with E-state index in [1.54, 1.807) is 35.7 Å². The van der Waals surface area contributed by atoms with E-state index in [1.807, 2.05) is 17.5 Å². The zero-order chi connectivity index (χ0) is 14.9. The average Bonchev–Trinajstić information content (AvgIpc) is 2.99. The second-order valence-electron chi connectivity index (χ2n) is 4.44. The van der Waals surface area contributed by atoms with Crippen molar-refractivity contribution in [3.05, 3.63) is 46.8 Å². The van der Waals surface area contributed by atoms with Crippen molar-refractivity contribution < 1.29 is 9.59 Å². The lowest BCUT2D eigenvalue weighted by Gasteiger charge is -2.05. The molecule has 2 heterocycles. The van der Waals surface area contributed by atoms with Crippen molar-refractivity contribution in [3.63, 3.8) is 0 Å². The fourth-order valence-corrected chi connectivity index (χ4v) is 2.45. The molecule has 0 saturated heterocycles. The van der Waals surface area contributed by atoms with Crippen LogP contribution in [0.15, 0.2) is 41.9 Å². The highest BCUT2D eigenvalue weighted by Crippen LogP contribution is 2.10. The van der Waals surface area contributed by atoms with Crippen LogP contribution in [0.4, 0.5) is 5.82 Å². The van der Waals surface area contributed by atoms with Gasteiger partial charge in [0.1, 0.15) is 5.82 Å². The van der Waals surface area contributed by atoms with Gasteiger partial charge in [-0.25, -0.2) is 4.98 Å². The van der Waals surface area contributed by atoms with Crippen molar-refractivity contribution in [2.45, 2.75) is 19.3 Å². The Morgan fingerprint density at radius 2 is 2.00 bits per heavy atom. The molecular weight excluding hydrogens is 286 g/mol. The van der Waals surface area contributed by atoms with Crippen LogP contribution in [-0.4, -0.2) is 23.3 Å². The first-order chi connectivity index (χ1) is 10.2. The summed E-state index contributed by atoms with van der Waals surface area (Å²) in [5.41, 5.74) is 0. The molecule has 0 radical (unpaired) electrons. The topological polar surface area (TPSA) is 71.1 Å². The van der Waals surface area contributed by atoms with Crippen LogP contribution in [0.3, 0.4) is 0 Å². The number of aryl methyl sites for hydroxylation is 1. The minimum Gasteiger partial charge on any atom is -0.356 e. The van der Waals surface area contributed by atoms with Gasteiger partial charge in [-0.2, -0.15) is 0 Å². The third-order valence-corrected chi connectivity index (χ3v) is 3.72. The largest absolute Gasteiger partial charge is 0.356 e. The van der Waals surface area contributed by atoms with E-state index in [2.05, 4.69) is 15.6 Å². The molecule has 0 bridgehead atoms. The molecule has 0 fully saturated rings. The molecular formula is C15H17N3O2S. The SMILES string of the molecule is O=C(CCc1cccs1)NCCC(=O)Nc1ccccn1. The number of thiophene rings is 1. The van der Waals surface area contributed by atoms with Crippen LogP contribution >= 0.6 is 11.3 Å². The molecule has 0 aliphatic carbocycles. The number of nitrogens with one attached hydrogen (secondary N) is 2. The lowest BCUT2D eigenvalue weighted by Crippen LogP contribution is -2.27. The summed E-state index contributed by atoms with van der Waals surface area (Å²) in [5, 5.41) is 7.41. The predicted octanol–water partition coefficient (Wildman–Crippen LogP) is 2.22. The molecule has 0 aliphatic rings. The zero-order valence-electron chi connectivity index (χ0n) is 11.5. The monoisotopic (exact) mass is 303 g/mol. The molecule has 2 rings (SSSR count). The van der Waals surface area contributed by atoms with Gasteiger partial charge in [0, 0.05) is 30.5 Å². The molecule has 110 valence electrons. The fraction of sp³-hybridized carbons (Fsp3) is 0.267. The molecule has 0 unspecified atom stereocenters. The molecule has 0 aliphatic heterocycles. The number of anilines is 1. The maximum Gasteiger partial charge on any atom is 0.227 e. The molecule has 0 atom stereocenters. The lowest BCUT2D eigenvalue weighted by molar-refractivity contribution is -0.121. The zero-order valence-corrected chi connectivity index (χ0v) is 12.4. The maximum atomic E-state index is 11.6. The smallest absolute Gasteiger partial charge is 0.227 e. The average molecular weight is 303 g/mol. The van der Waals surface area contributed by atoms with Gasteiger partial charge < -0.3 is 10.6 Å². The highest BCUT2D eigenvalue weighted by Gasteiger charge is 2.05. The molecule has 0 saturated carbocycles. The van der Waals surface area contributed by atoms with E-state index in [0.717, 1.165) is 6.42 Å². The summed E-state index contributed by atoms with van der Waals surface area (Å²) in [6.07, 6.45) is 3.04. The summed E-state index contributed by atoms with van der Waals surface area (Å²) in [6, 6.07) is 9.29. The fourth-order valence-electron chi connectivity index (χ4n) is 1.74. The van der Waals surface area contributed by atoms with E-state index < -0.39 is 0 Å². The van der Waals surface area contributed by atoms with Crippen LogP contribution in [0.25, 0.3) is 0 Å². The highest BCUT2D eigenvalue weighted by molar-refractivity contribution is 7.09. The van der Waals surface area contributed by atoms with E-state index in [0.29, 0.717) is 18.8 Å². The van der Waals surface area contributed by atoms with Gasteiger partial charge in [-0.3, -0.25) is 9.59 Å². The van der Waals surface area contributed by atoms with Crippen LogP contribution in [-0.2, 0) is 16.0 Å². The second-order valence-corrected chi connectivity index (χ2v) is 5.47. The Morgan fingerprint density at radius 3 is 2.71 bits per heavy atom. The van der Waals surface area contributed by atoms with Gasteiger partial charge in [0.05, 0.1) is 0 Å². The molecule has 2 aromatic rings. The number of nitrogens with zero attached hydrogens (tertiary/aromatic N) is 1. The summed E-state index contributed by atoms with van der Waals surface area (Å²) in [6.45, 7) is 0.335. The van der Waals surface area contributed by atoms with Crippen LogP contribution in [0, 0.1) is 0 Å². The summed E-state index contributed by atoms with van der Waals surface area (Å²) >= 11 is 1.64. The third-order valence-electron chi connectivity index (χ3n) is 2.79. The van der Waals surface area contributed by atoms with Crippen LogP contribution in [0.5, 0.6) is 0 Å². The van der Waals surface area contributed by atoms with E-state index in [-0.39, 0.29) is 18.2 Å². The van der Waals surface area contributed by atoms with Crippen LogP contribution in [0.1, 0.15) is 17.7 Å². The van der Waals surface area contributed by atoms with E-state index >= 15 is 0 Å². The first-order valence-corrected chi connectivity index (χ1v) is 7.62. The number of amides is 2. The second kappa shape index (κ2) is 8.16. The Morgan fingerprint density at radius 1 is 1.10 bits per heavy atom. The Balaban J connectivity index is 1.60. The van der Waals surface area contributed by atoms with E-state index in [1.165, 1.54) is 4.88 Å². The maximum absolute atomic E-state index is 11.6. The summed E-state index contributed by atoms with van der Waals surface area (Å²) < 4.78 is 0. The molecule has 2 N–H and O–H groups in total. The highest BCUT2D eigenvalue weighted by atomic mass is 32.1. The quantitative estimate of drug-likeness (QED) is 0.824. The van der Waals surface area contributed by atoms with E-state index in [9.17, 15) is 9.59 Å². The number of hydrogen-bond acceptors (Lipinski definition) is 4. The molecule has 2 amide bonds. The number of pyridine rings is 1. The summed E-state index contributed by atoms with van der Waals surface area (Å²) in [4.78, 5) is 28.5. The normalized spacial score (nSPS) is 10.1. The van der Waals surface area contributed by atoms with Gasteiger partial charge in [-0.15, -0.1) is 11.3 Å². The standard InChI is InChI=1S/C15H17N3O2S/c19-14(7-6-12-4-3-11-21-12)17-10-8-15(20)18-13-5-1-2-9-16-13/h1-5,9,11H,6-8,10H2,(H,17,19)(H,16,18,20). The van der Waals surface area contributed by atoms with Gasteiger partial charge in [-0.05, 0) is 30.0 Å². The minimum absolute atomic E-state index is 0.0333. The Hall–Kier alpha value is -2.21. The number of hydrogen-bond donors (Lipinski definition) is 2. The number of carbonyl (C=O) groups excluding carboxylic acids is 2. The van der Waals surface area contributed by atoms with Gasteiger partial charge >= 0.3 is 0 Å². The van der Waals surface area contributed by atoms with Gasteiger partial charge in [0.25, 0.3) is 0 Å². The Kier molecular flexibility index (Phi) is 5.90. The number of rotatable bonds is 7. The van der Waals surface area contributed by atoms with Crippen molar-refractivity contribution in [1.82, 2.24) is 10.3 Å². The molecule has 0 aromatic carbocycles. The van der Waals surface area contributed by atoms with Crippen LogP contribution < -0.4 is 10.6 Å². The first kappa shape index (κ1) is 15.2. The molecule has 2 aromatic heterocycles. The van der Waals surface area contributed by atoms with Crippen LogP contribution in [0.2, 0.25) is 0 Å². The lowest BCUT2D eigenvalue weighted by atomic mass is 10.2. The Labute approximate surface area is 127 Å². The van der Waals surface area contributed by atoms with Crippen molar-refractivity contribution in [2.75, 3.05) is 11.9 Å². The van der Waals surface area contributed by atoms with Crippen molar-refractivity contribution in [2.24, 2.45) is 0 Å². The molecule has 21 heavy (non-hydrogen) atoms. The summed E-state index contributed by atoms with van der Waals surface area (Å²) in [7, 11) is 0. The molecule has 6 heteroatoms. The van der Waals surface area contributed by atoms with E-state index in [4.69, 9.17) is 0 Å². The van der Waals surface area contributed by atoms with Crippen molar-refractivity contribution in [1.29, 1.82) is 0 Å². The summed E-state index contributed by atoms with van der Waals surface area (Å²) in [5.74, 6) is 0.327. The van der Waals surface area contributed by atoms with Crippen molar-refractivity contribution in [3.8, 4) is 0 Å². The number of carbonyl (C=O) groups is 2. The van der Waals surface area contributed by atoms with Gasteiger partial charge in [0.15, 0.2) is 0 Å².